The van der Waals surface area contributed by atoms with Crippen LogP contribution in [0.3, 0.4) is 0 Å². The number of aliphatic hydroxyl groups is 1. The summed E-state index contributed by atoms with van der Waals surface area (Å²) in [6.45, 7) is 1.23. The Bertz CT molecular complexity index is 718. The number of aliphatic hydroxyl groups excluding tert-OH is 1. The monoisotopic (exact) mass is 329 g/mol. The fourth-order valence-corrected chi connectivity index (χ4v) is 5.46. The molecule has 2 bridgehead atoms. The van der Waals surface area contributed by atoms with Crippen molar-refractivity contribution >= 4 is 0 Å². The third-order valence-corrected chi connectivity index (χ3v) is 6.47. The SMILES string of the molecule is COCOc1ccc2c3c1OC1C(O)C=CC4C(C2)N(C)CCC341. The van der Waals surface area contributed by atoms with Crippen molar-refractivity contribution in [2.24, 2.45) is 5.92 Å². The van der Waals surface area contributed by atoms with Gasteiger partial charge in [0.05, 0.1) is 0 Å². The minimum absolute atomic E-state index is 0.124. The first-order valence-electron chi connectivity index (χ1n) is 8.68. The van der Waals surface area contributed by atoms with E-state index in [4.69, 9.17) is 14.2 Å². The normalized spacial score (nSPS) is 38.6. The molecule has 4 aliphatic rings. The first-order chi connectivity index (χ1) is 11.7. The summed E-state index contributed by atoms with van der Waals surface area (Å²) in [6, 6.07) is 4.62. The smallest absolute Gasteiger partial charge is 0.188 e. The van der Waals surface area contributed by atoms with Crippen molar-refractivity contribution in [2.45, 2.75) is 36.5 Å². The van der Waals surface area contributed by atoms with Crippen LogP contribution in [0.2, 0.25) is 0 Å². The highest BCUT2D eigenvalue weighted by atomic mass is 16.7. The van der Waals surface area contributed by atoms with E-state index in [1.807, 2.05) is 12.1 Å². The zero-order valence-corrected chi connectivity index (χ0v) is 14.1. The summed E-state index contributed by atoms with van der Waals surface area (Å²) in [4.78, 5) is 2.46. The lowest BCUT2D eigenvalue weighted by Gasteiger charge is -2.56. The number of piperidine rings is 1. The molecule has 1 fully saturated rings. The number of likely N-dealkylation sites (tertiary alicyclic amines) is 1. The van der Waals surface area contributed by atoms with Crippen LogP contribution in [0.4, 0.5) is 0 Å². The summed E-state index contributed by atoms with van der Waals surface area (Å²) >= 11 is 0. The molecule has 0 aromatic heterocycles. The van der Waals surface area contributed by atoms with Crippen LogP contribution in [-0.4, -0.2) is 55.8 Å². The fourth-order valence-electron chi connectivity index (χ4n) is 5.46. The molecule has 0 radical (unpaired) electrons. The highest BCUT2D eigenvalue weighted by Crippen LogP contribution is 2.62. The summed E-state index contributed by atoms with van der Waals surface area (Å²) in [5.74, 6) is 1.93. The lowest BCUT2D eigenvalue weighted by molar-refractivity contribution is -0.0458. The van der Waals surface area contributed by atoms with Crippen molar-refractivity contribution in [3.05, 3.63) is 35.4 Å². The van der Waals surface area contributed by atoms with Gasteiger partial charge in [-0.2, -0.15) is 0 Å². The molecule has 5 unspecified atom stereocenters. The minimum Gasteiger partial charge on any atom is -0.482 e. The molecule has 1 N–H and O–H groups in total. The minimum atomic E-state index is -0.570. The van der Waals surface area contributed by atoms with Crippen LogP contribution in [0.15, 0.2) is 24.3 Å². The molecule has 2 aliphatic heterocycles. The number of likely N-dealkylation sites (N-methyl/N-ethyl adjacent to an activating group) is 1. The van der Waals surface area contributed by atoms with Crippen molar-refractivity contribution in [1.29, 1.82) is 0 Å². The molecular weight excluding hydrogens is 306 g/mol. The van der Waals surface area contributed by atoms with Crippen LogP contribution < -0.4 is 9.47 Å². The Balaban J connectivity index is 1.72. The van der Waals surface area contributed by atoms with E-state index in [1.165, 1.54) is 11.1 Å². The first-order valence-corrected chi connectivity index (χ1v) is 8.68. The van der Waals surface area contributed by atoms with Crippen molar-refractivity contribution in [1.82, 2.24) is 4.90 Å². The van der Waals surface area contributed by atoms with E-state index in [1.54, 1.807) is 7.11 Å². The quantitative estimate of drug-likeness (QED) is 0.672. The Morgan fingerprint density at radius 1 is 1.38 bits per heavy atom. The van der Waals surface area contributed by atoms with E-state index in [9.17, 15) is 5.11 Å². The Kier molecular flexibility index (Phi) is 3.06. The van der Waals surface area contributed by atoms with Crippen LogP contribution in [0, 0.1) is 5.92 Å². The Labute approximate surface area is 141 Å². The first kappa shape index (κ1) is 14.8. The van der Waals surface area contributed by atoms with Crippen molar-refractivity contribution in [2.75, 3.05) is 27.5 Å². The molecule has 24 heavy (non-hydrogen) atoms. The van der Waals surface area contributed by atoms with Crippen LogP contribution >= 0.6 is 0 Å². The van der Waals surface area contributed by atoms with Gasteiger partial charge >= 0.3 is 0 Å². The zero-order valence-electron chi connectivity index (χ0n) is 14.1. The summed E-state index contributed by atoms with van der Waals surface area (Å²) in [5.41, 5.74) is 2.49. The molecule has 5 atom stereocenters. The maximum atomic E-state index is 10.6. The van der Waals surface area contributed by atoms with Crippen LogP contribution in [0.25, 0.3) is 0 Å². The molecular formula is C19H23NO4. The van der Waals surface area contributed by atoms with Gasteiger partial charge in [0.2, 0.25) is 0 Å². The van der Waals surface area contributed by atoms with Crippen LogP contribution in [-0.2, 0) is 16.6 Å². The molecule has 0 amide bonds. The second kappa shape index (κ2) is 4.97. The molecule has 5 rings (SSSR count). The van der Waals surface area contributed by atoms with E-state index >= 15 is 0 Å². The number of nitrogens with zero attached hydrogens (tertiary/aromatic N) is 1. The van der Waals surface area contributed by atoms with E-state index in [-0.39, 0.29) is 18.3 Å². The largest absolute Gasteiger partial charge is 0.482 e. The predicted octanol–water partition coefficient (Wildman–Crippen LogP) is 1.48. The fraction of sp³-hybridized carbons (Fsp3) is 0.579. The lowest BCUT2D eigenvalue weighted by atomic mass is 9.53. The number of ether oxygens (including phenoxy) is 3. The van der Waals surface area contributed by atoms with Gasteiger partial charge in [-0.3, -0.25) is 0 Å². The molecule has 128 valence electrons. The maximum absolute atomic E-state index is 10.6. The van der Waals surface area contributed by atoms with E-state index in [0.717, 1.165) is 30.9 Å². The third kappa shape index (κ3) is 1.65. The van der Waals surface area contributed by atoms with Crippen molar-refractivity contribution in [3.63, 3.8) is 0 Å². The number of rotatable bonds is 3. The summed E-state index contributed by atoms with van der Waals surface area (Å²) in [6.07, 6.45) is 5.39. The lowest BCUT2D eigenvalue weighted by Crippen LogP contribution is -2.64. The molecule has 1 aromatic carbocycles. The van der Waals surface area contributed by atoms with Gasteiger partial charge in [0.15, 0.2) is 18.3 Å². The molecule has 2 aliphatic carbocycles. The standard InChI is InChI=1S/C19H23NO4/c1-20-8-7-19-12-4-5-14(21)18(19)24-17-15(23-10-22-2)6-3-11(16(17)19)9-13(12)20/h3-6,12-14,18,21H,7-10H2,1-2H3. The second-order valence-electron chi connectivity index (χ2n) is 7.46. The molecule has 1 spiro atoms. The van der Waals surface area contributed by atoms with Crippen molar-refractivity contribution < 1.29 is 19.3 Å². The number of hydrogen-bond donors (Lipinski definition) is 1. The molecule has 1 aromatic rings. The number of hydrogen-bond acceptors (Lipinski definition) is 5. The van der Waals surface area contributed by atoms with Crippen molar-refractivity contribution in [3.8, 4) is 11.5 Å². The number of methoxy groups -OCH3 is 1. The van der Waals surface area contributed by atoms with Crippen LogP contribution in [0.5, 0.6) is 11.5 Å². The van der Waals surface area contributed by atoms with E-state index in [2.05, 4.69) is 24.1 Å². The highest BCUT2D eigenvalue weighted by Gasteiger charge is 2.64. The predicted molar refractivity (Wildman–Crippen MR) is 88.4 cm³/mol. The summed E-state index contributed by atoms with van der Waals surface area (Å²) in [7, 11) is 3.82. The Morgan fingerprint density at radius 3 is 3.08 bits per heavy atom. The van der Waals surface area contributed by atoms with Gasteiger partial charge in [-0.25, -0.2) is 0 Å². The topological polar surface area (TPSA) is 51.2 Å². The number of benzene rings is 1. The van der Waals surface area contributed by atoms with Gasteiger partial charge in [0, 0.05) is 30.0 Å². The van der Waals surface area contributed by atoms with Gasteiger partial charge in [0.25, 0.3) is 0 Å². The van der Waals surface area contributed by atoms with Gasteiger partial charge in [0.1, 0.15) is 12.2 Å². The van der Waals surface area contributed by atoms with Gasteiger partial charge in [-0.15, -0.1) is 0 Å². The molecule has 2 heterocycles. The Morgan fingerprint density at radius 2 is 2.25 bits per heavy atom. The average Bonchev–Trinajstić information content (AvgIpc) is 2.94. The Hall–Kier alpha value is -1.56. The van der Waals surface area contributed by atoms with Gasteiger partial charge in [-0.1, -0.05) is 18.2 Å². The average molecular weight is 329 g/mol. The third-order valence-electron chi connectivity index (χ3n) is 6.47. The maximum Gasteiger partial charge on any atom is 0.188 e. The molecule has 1 saturated heterocycles. The molecule has 5 heteroatoms. The summed E-state index contributed by atoms with van der Waals surface area (Å²) in [5, 5.41) is 10.6. The van der Waals surface area contributed by atoms with Gasteiger partial charge < -0.3 is 24.2 Å². The van der Waals surface area contributed by atoms with E-state index < -0.39 is 6.10 Å². The highest BCUT2D eigenvalue weighted by molar-refractivity contribution is 5.62. The summed E-state index contributed by atoms with van der Waals surface area (Å²) < 4.78 is 17.2. The molecule has 0 saturated carbocycles. The second-order valence-corrected chi connectivity index (χ2v) is 7.46. The molecule has 5 nitrogen and oxygen atoms in total. The van der Waals surface area contributed by atoms with Gasteiger partial charge in [-0.05, 0) is 38.1 Å². The zero-order chi connectivity index (χ0) is 16.5. The van der Waals surface area contributed by atoms with E-state index in [0.29, 0.717) is 12.0 Å². The van der Waals surface area contributed by atoms with Crippen LogP contribution in [0.1, 0.15) is 17.5 Å².